The molecule has 0 heterocycles. The van der Waals surface area contributed by atoms with E-state index in [-0.39, 0.29) is 18.4 Å². The molecule has 0 fully saturated rings. The Morgan fingerprint density at radius 3 is 2.57 bits per heavy atom. The number of carbonyl (C=O) groups excluding carboxylic acids is 1. The lowest BCUT2D eigenvalue weighted by molar-refractivity contribution is -0.121. The molecular weight excluding hydrogens is 286 g/mol. The summed E-state index contributed by atoms with van der Waals surface area (Å²) in [5.41, 5.74) is 1.77. The highest BCUT2D eigenvalue weighted by molar-refractivity contribution is 6.31. The molecule has 0 aromatic heterocycles. The molecule has 0 saturated carbocycles. The molecule has 0 radical (unpaired) electrons. The minimum absolute atomic E-state index is 0.0630. The van der Waals surface area contributed by atoms with Crippen LogP contribution in [-0.4, -0.2) is 13.0 Å². The first-order valence-corrected chi connectivity index (χ1v) is 7.15. The molecule has 0 aliphatic carbocycles. The summed E-state index contributed by atoms with van der Waals surface area (Å²) >= 11 is 6.14. The molecule has 2 rings (SSSR count). The van der Waals surface area contributed by atoms with Crippen molar-refractivity contribution in [3.8, 4) is 5.75 Å². The van der Waals surface area contributed by atoms with Crippen LogP contribution in [0.4, 0.5) is 0 Å². The minimum atomic E-state index is -0.138. The van der Waals surface area contributed by atoms with Gasteiger partial charge in [-0.2, -0.15) is 0 Å². The standard InChI is InChI=1S/C17H18ClNO2/c1-12(14-8-4-5-9-15(14)18)19-17(20)11-13-7-3-6-10-16(13)21-2/h3-10,12H,11H2,1-2H3,(H,19,20)/t12-/m0/s1. The number of rotatable bonds is 5. The highest BCUT2D eigenvalue weighted by Crippen LogP contribution is 2.23. The third kappa shape index (κ3) is 3.99. The Hall–Kier alpha value is -2.00. The summed E-state index contributed by atoms with van der Waals surface area (Å²) in [6, 6.07) is 14.9. The van der Waals surface area contributed by atoms with Crippen molar-refractivity contribution in [3.63, 3.8) is 0 Å². The minimum Gasteiger partial charge on any atom is -0.496 e. The predicted octanol–water partition coefficient (Wildman–Crippen LogP) is 3.77. The third-order valence-electron chi connectivity index (χ3n) is 3.29. The van der Waals surface area contributed by atoms with Gasteiger partial charge in [0, 0.05) is 10.6 Å². The summed E-state index contributed by atoms with van der Waals surface area (Å²) in [4.78, 5) is 12.2. The van der Waals surface area contributed by atoms with Crippen LogP contribution in [0, 0.1) is 0 Å². The van der Waals surface area contributed by atoms with Gasteiger partial charge in [-0.05, 0) is 24.6 Å². The quantitative estimate of drug-likeness (QED) is 0.913. The number of hydrogen-bond acceptors (Lipinski definition) is 2. The number of hydrogen-bond donors (Lipinski definition) is 1. The van der Waals surface area contributed by atoms with Gasteiger partial charge in [0.1, 0.15) is 5.75 Å². The van der Waals surface area contributed by atoms with Crippen LogP contribution >= 0.6 is 11.6 Å². The maximum absolute atomic E-state index is 12.2. The molecule has 0 spiro atoms. The summed E-state index contributed by atoms with van der Waals surface area (Å²) in [6.07, 6.45) is 0.277. The first-order chi connectivity index (χ1) is 10.1. The van der Waals surface area contributed by atoms with Crippen molar-refractivity contribution in [1.82, 2.24) is 5.32 Å². The second kappa shape index (κ2) is 7.14. The molecule has 2 aromatic carbocycles. The number of methoxy groups -OCH3 is 1. The van der Waals surface area contributed by atoms with Crippen molar-refractivity contribution < 1.29 is 9.53 Å². The lowest BCUT2D eigenvalue weighted by atomic mass is 10.1. The van der Waals surface area contributed by atoms with E-state index in [1.54, 1.807) is 7.11 Å². The van der Waals surface area contributed by atoms with Crippen molar-refractivity contribution >= 4 is 17.5 Å². The van der Waals surface area contributed by atoms with E-state index in [2.05, 4.69) is 5.32 Å². The summed E-state index contributed by atoms with van der Waals surface area (Å²) in [5.74, 6) is 0.657. The van der Waals surface area contributed by atoms with E-state index in [0.717, 1.165) is 16.9 Å². The monoisotopic (exact) mass is 303 g/mol. The Morgan fingerprint density at radius 2 is 1.86 bits per heavy atom. The lowest BCUT2D eigenvalue weighted by Gasteiger charge is -2.16. The molecule has 4 heteroatoms. The van der Waals surface area contributed by atoms with Crippen LogP contribution in [0.3, 0.4) is 0 Å². The molecule has 21 heavy (non-hydrogen) atoms. The molecule has 1 N–H and O–H groups in total. The van der Waals surface area contributed by atoms with Gasteiger partial charge in [-0.15, -0.1) is 0 Å². The zero-order valence-electron chi connectivity index (χ0n) is 12.1. The van der Waals surface area contributed by atoms with Crippen molar-refractivity contribution in [1.29, 1.82) is 0 Å². The molecular formula is C17H18ClNO2. The van der Waals surface area contributed by atoms with Crippen molar-refractivity contribution in [2.24, 2.45) is 0 Å². The number of para-hydroxylation sites is 1. The second-order valence-electron chi connectivity index (χ2n) is 4.80. The molecule has 2 aromatic rings. The van der Waals surface area contributed by atoms with Crippen LogP contribution in [0.2, 0.25) is 5.02 Å². The summed E-state index contributed by atoms with van der Waals surface area (Å²) in [7, 11) is 1.60. The zero-order chi connectivity index (χ0) is 15.2. The van der Waals surface area contributed by atoms with Gasteiger partial charge in [0.25, 0.3) is 0 Å². The highest BCUT2D eigenvalue weighted by atomic mass is 35.5. The fourth-order valence-corrected chi connectivity index (χ4v) is 2.52. The maximum Gasteiger partial charge on any atom is 0.225 e. The Labute approximate surface area is 129 Å². The zero-order valence-corrected chi connectivity index (χ0v) is 12.9. The average molecular weight is 304 g/mol. The maximum atomic E-state index is 12.2. The first kappa shape index (κ1) is 15.4. The normalized spacial score (nSPS) is 11.8. The molecule has 0 aliphatic rings. The number of halogens is 1. The van der Waals surface area contributed by atoms with Crippen molar-refractivity contribution in [2.75, 3.05) is 7.11 Å². The molecule has 0 aliphatic heterocycles. The van der Waals surface area contributed by atoms with E-state index in [1.807, 2.05) is 55.5 Å². The van der Waals surface area contributed by atoms with Crippen LogP contribution < -0.4 is 10.1 Å². The summed E-state index contributed by atoms with van der Waals surface area (Å²) < 4.78 is 5.25. The van der Waals surface area contributed by atoms with Crippen molar-refractivity contribution in [2.45, 2.75) is 19.4 Å². The van der Waals surface area contributed by atoms with Crippen LogP contribution in [0.1, 0.15) is 24.1 Å². The Kier molecular flexibility index (Phi) is 5.23. The molecule has 110 valence electrons. The molecule has 0 saturated heterocycles. The van der Waals surface area contributed by atoms with Gasteiger partial charge in [-0.1, -0.05) is 48.0 Å². The molecule has 3 nitrogen and oxygen atoms in total. The van der Waals surface area contributed by atoms with Gasteiger partial charge in [0.2, 0.25) is 5.91 Å². The Balaban J connectivity index is 2.03. The number of amides is 1. The second-order valence-corrected chi connectivity index (χ2v) is 5.21. The Morgan fingerprint density at radius 1 is 1.19 bits per heavy atom. The number of benzene rings is 2. The van der Waals surface area contributed by atoms with E-state index in [4.69, 9.17) is 16.3 Å². The van der Waals surface area contributed by atoms with Gasteiger partial charge in [0.05, 0.1) is 19.6 Å². The SMILES string of the molecule is COc1ccccc1CC(=O)N[C@@H](C)c1ccccc1Cl. The summed E-state index contributed by atoms with van der Waals surface area (Å²) in [5, 5.41) is 3.61. The number of nitrogens with one attached hydrogen (secondary N) is 1. The predicted molar refractivity (Wildman–Crippen MR) is 84.7 cm³/mol. The molecule has 0 unspecified atom stereocenters. The van der Waals surface area contributed by atoms with Crippen molar-refractivity contribution in [3.05, 3.63) is 64.7 Å². The highest BCUT2D eigenvalue weighted by Gasteiger charge is 2.14. The van der Waals surface area contributed by atoms with E-state index in [9.17, 15) is 4.79 Å². The number of carbonyl (C=O) groups is 1. The first-order valence-electron chi connectivity index (χ1n) is 6.77. The smallest absolute Gasteiger partial charge is 0.225 e. The largest absolute Gasteiger partial charge is 0.496 e. The third-order valence-corrected chi connectivity index (χ3v) is 3.64. The van der Waals surface area contributed by atoms with E-state index in [0.29, 0.717) is 5.02 Å². The molecule has 1 atom stereocenters. The van der Waals surface area contributed by atoms with E-state index < -0.39 is 0 Å². The number of ether oxygens (including phenoxy) is 1. The van der Waals surface area contributed by atoms with E-state index >= 15 is 0 Å². The fraction of sp³-hybridized carbons (Fsp3) is 0.235. The fourth-order valence-electron chi connectivity index (χ4n) is 2.22. The molecule has 1 amide bonds. The topological polar surface area (TPSA) is 38.3 Å². The van der Waals surface area contributed by atoms with Crippen LogP contribution in [0.25, 0.3) is 0 Å². The van der Waals surface area contributed by atoms with Gasteiger partial charge in [-0.25, -0.2) is 0 Å². The van der Waals surface area contributed by atoms with Gasteiger partial charge in [-0.3, -0.25) is 4.79 Å². The van der Waals surface area contributed by atoms with Gasteiger partial charge in [0.15, 0.2) is 0 Å². The van der Waals surface area contributed by atoms with E-state index in [1.165, 1.54) is 0 Å². The Bertz CT molecular complexity index is 628. The lowest BCUT2D eigenvalue weighted by Crippen LogP contribution is -2.28. The average Bonchev–Trinajstić information content (AvgIpc) is 2.48. The van der Waals surface area contributed by atoms with Crippen LogP contribution in [0.5, 0.6) is 5.75 Å². The summed E-state index contributed by atoms with van der Waals surface area (Å²) in [6.45, 7) is 1.92. The van der Waals surface area contributed by atoms with Crippen LogP contribution in [-0.2, 0) is 11.2 Å². The molecule has 0 bridgehead atoms. The van der Waals surface area contributed by atoms with Gasteiger partial charge < -0.3 is 10.1 Å². The van der Waals surface area contributed by atoms with Gasteiger partial charge >= 0.3 is 0 Å². The van der Waals surface area contributed by atoms with Crippen LogP contribution in [0.15, 0.2) is 48.5 Å².